The maximum absolute atomic E-state index is 12.3. The van der Waals surface area contributed by atoms with Crippen LogP contribution in [0.1, 0.15) is 120 Å². The predicted molar refractivity (Wildman–Crippen MR) is 276 cm³/mol. The van der Waals surface area contributed by atoms with E-state index in [4.69, 9.17) is 9.84 Å². The molecule has 0 radical (unpaired) electrons. The van der Waals surface area contributed by atoms with Gasteiger partial charge in [0, 0.05) is 69.1 Å². The number of ether oxygens (including phenoxy) is 2. The molecule has 0 saturated carbocycles. The number of aromatic nitrogens is 2. The molecule has 5 rings (SSSR count). The summed E-state index contributed by atoms with van der Waals surface area (Å²) < 4.78 is 9.50. The number of fused-ring (bicyclic) bond motifs is 1. The topological polar surface area (TPSA) is 204 Å². The summed E-state index contributed by atoms with van der Waals surface area (Å²) in [6, 6.07) is 8.81. The number of allylic oxidation sites excluding steroid dienone is 1. The zero-order valence-electron chi connectivity index (χ0n) is 43.3. The van der Waals surface area contributed by atoms with Crippen molar-refractivity contribution in [2.45, 2.75) is 144 Å². The molecule has 4 heterocycles. The number of benzene rings is 1. The lowest BCUT2D eigenvalue weighted by molar-refractivity contribution is -0.140. The second-order valence-electron chi connectivity index (χ2n) is 17.9. The molecule has 3 aromatic rings. The summed E-state index contributed by atoms with van der Waals surface area (Å²) in [6.45, 7) is 19.9. The van der Waals surface area contributed by atoms with Gasteiger partial charge in [0.2, 0.25) is 11.8 Å². The average Bonchev–Trinajstić information content (AvgIpc) is 3.99. The third-order valence-corrected chi connectivity index (χ3v) is 11.7. The van der Waals surface area contributed by atoms with E-state index in [1.165, 1.54) is 24.2 Å². The number of piperidine rings is 1. The Morgan fingerprint density at radius 1 is 0.985 bits per heavy atom. The first-order valence-electron chi connectivity index (χ1n) is 24.1. The number of unbranched alkanes of at least 4 members (excludes halogenated alkanes) is 3. The van der Waals surface area contributed by atoms with Gasteiger partial charge >= 0.3 is 12.0 Å². The Kier molecular flexibility index (Phi) is 29.9. The van der Waals surface area contributed by atoms with Crippen molar-refractivity contribution < 1.29 is 38.6 Å². The predicted octanol–water partition coefficient (Wildman–Crippen LogP) is 8.81. The standard InChI is InChI=1S/C19H32N4O4.C16H17N3OS.C12H23NO2.C2H6O.C2H6/c1-19(2,3)15(12-22-9-5-4-8-16(22)25)21-18(27)20-11-17(26)23-10-6-7-14(23)13-24;1-10(2)17-16-19-15(9-21-16)13-7-5-11-4-6-12(20-3)8-14(11)18-13;1-4-5-6-7-8-9-10(2)11(13-3)12(14)15;1-3-2;1-2/h13-15H,4-12H2,1-3H3,(H2,20,21,27);4-10H,1-3H3,(H,17,19);8-11,13H,4-7H2,1-3H3,(H,14,15);1-2H3;1-2H3/b;;9-8-;;/t14-,15?;;;;/m0..../s1. The van der Waals surface area contributed by atoms with Crippen LogP contribution < -0.4 is 26.0 Å². The molecule has 4 atom stereocenters. The Morgan fingerprint density at radius 2 is 1.68 bits per heavy atom. The van der Waals surface area contributed by atoms with Gasteiger partial charge in [-0.15, -0.1) is 11.3 Å². The molecule has 5 N–H and O–H groups in total. The number of thiazole rings is 1. The lowest BCUT2D eigenvalue weighted by Crippen LogP contribution is -2.55. The van der Waals surface area contributed by atoms with E-state index < -0.39 is 18.0 Å². The summed E-state index contributed by atoms with van der Waals surface area (Å²) >= 11 is 1.60. The highest BCUT2D eigenvalue weighted by Crippen LogP contribution is 2.27. The number of amides is 4. The fraction of sp³-hybridized carbons (Fsp3) is 0.627. The molecule has 2 aliphatic heterocycles. The van der Waals surface area contributed by atoms with Gasteiger partial charge < -0.3 is 50.4 Å². The largest absolute Gasteiger partial charge is 0.497 e. The molecule has 2 aromatic heterocycles. The van der Waals surface area contributed by atoms with Crippen LogP contribution in [-0.2, 0) is 23.9 Å². The van der Waals surface area contributed by atoms with Crippen molar-refractivity contribution in [2.75, 3.05) is 59.9 Å². The SMILES string of the molecule is CC.CC(C)(C)C(CN1CCCCC1=O)NC(=O)NCC(=O)N1CCC[C@H]1C=O.CCCCC/C=C\C(C)C(NC)C(=O)O.COC.COc1ccc2ccc(-c3csc(NC(C)C)n3)nc2c1. The number of urea groups is 1. The number of likely N-dealkylation sites (N-methyl/N-ethyl adjacent to an activating group) is 1. The highest BCUT2D eigenvalue weighted by Gasteiger charge is 2.32. The van der Waals surface area contributed by atoms with E-state index in [2.05, 4.69) is 68.9 Å². The molecular formula is C51H84N8O8S. The van der Waals surface area contributed by atoms with E-state index in [0.717, 1.165) is 71.7 Å². The van der Waals surface area contributed by atoms with Gasteiger partial charge in [0.15, 0.2) is 5.13 Å². The number of rotatable bonds is 18. The zero-order valence-corrected chi connectivity index (χ0v) is 44.1. The van der Waals surface area contributed by atoms with Crippen molar-refractivity contribution in [3.63, 3.8) is 0 Å². The number of nitrogens with zero attached hydrogens (tertiary/aromatic N) is 4. The number of methoxy groups -OCH3 is 2. The first-order chi connectivity index (χ1) is 32.4. The number of anilines is 1. The number of hydrogen-bond acceptors (Lipinski definition) is 12. The number of hydrogen-bond donors (Lipinski definition) is 5. The first-order valence-corrected chi connectivity index (χ1v) is 25.0. The number of carboxylic acids is 1. The molecule has 16 nitrogen and oxygen atoms in total. The number of aldehydes is 1. The van der Waals surface area contributed by atoms with Gasteiger partial charge in [-0.3, -0.25) is 14.4 Å². The van der Waals surface area contributed by atoms with Crippen molar-refractivity contribution in [2.24, 2.45) is 11.3 Å². The van der Waals surface area contributed by atoms with Gasteiger partial charge in [-0.25, -0.2) is 14.8 Å². The van der Waals surface area contributed by atoms with Gasteiger partial charge in [-0.05, 0) is 83.0 Å². The molecule has 2 fully saturated rings. The molecule has 1 aromatic carbocycles. The Hall–Kier alpha value is -5.13. The quantitative estimate of drug-likeness (QED) is 0.0461. The maximum Gasteiger partial charge on any atom is 0.321 e. The summed E-state index contributed by atoms with van der Waals surface area (Å²) in [5.74, 6) is -0.0648. The van der Waals surface area contributed by atoms with E-state index in [0.29, 0.717) is 32.0 Å². The third-order valence-electron chi connectivity index (χ3n) is 10.9. The van der Waals surface area contributed by atoms with Crippen molar-refractivity contribution in [1.82, 2.24) is 35.7 Å². The van der Waals surface area contributed by atoms with Crippen molar-refractivity contribution >= 4 is 57.5 Å². The highest BCUT2D eigenvalue weighted by molar-refractivity contribution is 7.14. The van der Waals surface area contributed by atoms with E-state index in [1.807, 2.05) is 82.2 Å². The third kappa shape index (κ3) is 22.3. The summed E-state index contributed by atoms with van der Waals surface area (Å²) in [5.41, 5.74) is 2.45. The fourth-order valence-corrected chi connectivity index (χ4v) is 7.99. The van der Waals surface area contributed by atoms with Crippen molar-refractivity contribution in [3.05, 3.63) is 47.9 Å². The summed E-state index contributed by atoms with van der Waals surface area (Å²) in [4.78, 5) is 71.1. The molecule has 0 bridgehead atoms. The van der Waals surface area contributed by atoms with Crippen LogP contribution in [0.3, 0.4) is 0 Å². The number of nitrogens with one attached hydrogen (secondary N) is 4. The second kappa shape index (κ2) is 33.4. The minimum Gasteiger partial charge on any atom is -0.497 e. The number of carbonyl (C=O) groups excluding carboxylic acids is 4. The maximum atomic E-state index is 12.3. The Morgan fingerprint density at radius 3 is 2.26 bits per heavy atom. The van der Waals surface area contributed by atoms with Crippen LogP contribution in [0.4, 0.5) is 9.93 Å². The van der Waals surface area contributed by atoms with Crippen LogP contribution in [0.15, 0.2) is 47.9 Å². The minimum absolute atomic E-state index is 0.0362. The van der Waals surface area contributed by atoms with Gasteiger partial charge in [-0.2, -0.15) is 0 Å². The van der Waals surface area contributed by atoms with Crippen LogP contribution in [0.25, 0.3) is 22.3 Å². The van der Waals surface area contributed by atoms with E-state index in [1.54, 1.807) is 39.7 Å². The monoisotopic (exact) mass is 969 g/mol. The normalized spacial score (nSPS) is 15.8. The van der Waals surface area contributed by atoms with Crippen LogP contribution in [0.5, 0.6) is 5.75 Å². The van der Waals surface area contributed by atoms with Gasteiger partial charge in [0.1, 0.15) is 23.8 Å². The zero-order chi connectivity index (χ0) is 51.2. The van der Waals surface area contributed by atoms with Crippen LogP contribution in [0.2, 0.25) is 0 Å². The van der Waals surface area contributed by atoms with Gasteiger partial charge in [0.25, 0.3) is 0 Å². The molecule has 0 spiro atoms. The van der Waals surface area contributed by atoms with Gasteiger partial charge in [0.05, 0.1) is 36.9 Å². The van der Waals surface area contributed by atoms with Crippen molar-refractivity contribution in [3.8, 4) is 17.1 Å². The number of likely N-dealkylation sites (tertiary alicyclic amines) is 2. The molecule has 2 saturated heterocycles. The Balaban J connectivity index is 0.000000504. The highest BCUT2D eigenvalue weighted by atomic mass is 32.1. The molecule has 4 amide bonds. The van der Waals surface area contributed by atoms with Crippen LogP contribution in [-0.4, -0.2) is 134 Å². The van der Waals surface area contributed by atoms with E-state index in [-0.39, 0.29) is 41.8 Å². The summed E-state index contributed by atoms with van der Waals surface area (Å²) in [6.07, 6.45) is 13.5. The molecule has 382 valence electrons. The first kappa shape index (κ1) is 60.9. The lowest BCUT2D eigenvalue weighted by Gasteiger charge is -2.37. The lowest BCUT2D eigenvalue weighted by atomic mass is 9.86. The molecule has 68 heavy (non-hydrogen) atoms. The molecule has 3 unspecified atom stereocenters. The second-order valence-corrected chi connectivity index (χ2v) is 18.7. The van der Waals surface area contributed by atoms with Crippen molar-refractivity contribution in [1.29, 1.82) is 0 Å². The number of pyridine rings is 1. The Labute approximate surface area is 410 Å². The van der Waals surface area contributed by atoms with E-state index in [9.17, 15) is 24.0 Å². The molecule has 17 heteroatoms. The van der Waals surface area contributed by atoms with Crippen LogP contribution in [0, 0.1) is 11.3 Å². The Bertz CT molecular complexity index is 1970. The number of aliphatic carboxylic acids is 1. The molecular weight excluding hydrogens is 885 g/mol. The molecule has 2 aliphatic rings. The van der Waals surface area contributed by atoms with Crippen LogP contribution >= 0.6 is 11.3 Å². The number of carboxylic acid groups (broad SMARTS) is 1. The average molecular weight is 969 g/mol. The fourth-order valence-electron chi connectivity index (χ4n) is 7.14. The van der Waals surface area contributed by atoms with Gasteiger partial charge in [-0.1, -0.05) is 79.5 Å². The van der Waals surface area contributed by atoms with E-state index >= 15 is 0 Å². The summed E-state index contributed by atoms with van der Waals surface area (Å²) in [5, 5.41) is 24.5. The minimum atomic E-state index is -0.789. The summed E-state index contributed by atoms with van der Waals surface area (Å²) in [7, 11) is 6.59. The number of carbonyl (C=O) groups is 5. The smallest absolute Gasteiger partial charge is 0.321 e. The molecule has 0 aliphatic carbocycles.